The molecule has 0 aliphatic heterocycles. The zero-order valence-electron chi connectivity index (χ0n) is 8.86. The van der Waals surface area contributed by atoms with Crippen molar-refractivity contribution in [3.8, 4) is 0 Å². The SMILES string of the molecule is NCC[C@H](N)c1cc2ccccc2nc1Cl. The number of aromatic nitrogens is 1. The molecule has 0 unspecified atom stereocenters. The number of benzene rings is 1. The fourth-order valence-electron chi connectivity index (χ4n) is 1.70. The molecule has 2 aromatic rings. The molecule has 0 radical (unpaired) electrons. The van der Waals surface area contributed by atoms with Crippen LogP contribution < -0.4 is 11.5 Å². The molecular formula is C12H14ClN3. The standard InChI is InChI=1S/C12H14ClN3/c13-12-9(10(15)5-6-14)7-8-3-1-2-4-11(8)16-12/h1-4,7,10H,5-6,14-15H2/t10-/m0/s1. The highest BCUT2D eigenvalue weighted by Crippen LogP contribution is 2.25. The van der Waals surface area contributed by atoms with Crippen molar-refractivity contribution in [1.29, 1.82) is 0 Å². The molecule has 0 aliphatic carbocycles. The van der Waals surface area contributed by atoms with Gasteiger partial charge in [-0.15, -0.1) is 0 Å². The Morgan fingerprint density at radius 1 is 1.31 bits per heavy atom. The molecule has 1 aromatic heterocycles. The van der Waals surface area contributed by atoms with Gasteiger partial charge in [0, 0.05) is 17.0 Å². The molecule has 3 nitrogen and oxygen atoms in total. The number of nitrogens with two attached hydrogens (primary N) is 2. The third-order valence-corrected chi connectivity index (χ3v) is 2.88. The number of pyridine rings is 1. The molecular weight excluding hydrogens is 222 g/mol. The molecule has 4 heteroatoms. The molecule has 0 saturated carbocycles. The highest BCUT2D eigenvalue weighted by Gasteiger charge is 2.11. The molecule has 0 aliphatic rings. The van der Waals surface area contributed by atoms with Gasteiger partial charge in [0.05, 0.1) is 5.52 Å². The van der Waals surface area contributed by atoms with Gasteiger partial charge in [-0.3, -0.25) is 0 Å². The van der Waals surface area contributed by atoms with E-state index in [9.17, 15) is 0 Å². The van der Waals surface area contributed by atoms with Crippen LogP contribution in [0.2, 0.25) is 5.15 Å². The summed E-state index contributed by atoms with van der Waals surface area (Å²) in [6.45, 7) is 0.546. The maximum atomic E-state index is 6.10. The second kappa shape index (κ2) is 4.78. The fourth-order valence-corrected chi connectivity index (χ4v) is 1.99. The zero-order chi connectivity index (χ0) is 11.5. The molecule has 1 heterocycles. The summed E-state index contributed by atoms with van der Waals surface area (Å²) in [7, 11) is 0. The van der Waals surface area contributed by atoms with Crippen molar-refractivity contribution in [2.75, 3.05) is 6.54 Å². The van der Waals surface area contributed by atoms with Gasteiger partial charge in [0.2, 0.25) is 0 Å². The third-order valence-electron chi connectivity index (χ3n) is 2.58. The lowest BCUT2D eigenvalue weighted by Crippen LogP contribution is -2.16. The van der Waals surface area contributed by atoms with E-state index in [2.05, 4.69) is 4.98 Å². The normalized spacial score (nSPS) is 12.9. The number of halogens is 1. The molecule has 2 rings (SSSR count). The lowest BCUT2D eigenvalue weighted by molar-refractivity contribution is 0.660. The zero-order valence-corrected chi connectivity index (χ0v) is 9.61. The van der Waals surface area contributed by atoms with E-state index >= 15 is 0 Å². The maximum Gasteiger partial charge on any atom is 0.134 e. The minimum absolute atomic E-state index is 0.144. The van der Waals surface area contributed by atoms with Gasteiger partial charge in [-0.05, 0) is 25.1 Å². The van der Waals surface area contributed by atoms with E-state index in [1.807, 2.05) is 30.3 Å². The van der Waals surface area contributed by atoms with Gasteiger partial charge in [0.1, 0.15) is 5.15 Å². The van der Waals surface area contributed by atoms with E-state index in [1.165, 1.54) is 0 Å². The second-order valence-corrected chi connectivity index (χ2v) is 4.10. The molecule has 0 spiro atoms. The Morgan fingerprint density at radius 3 is 2.81 bits per heavy atom. The first kappa shape index (κ1) is 11.3. The number of nitrogens with zero attached hydrogens (tertiary/aromatic N) is 1. The first-order chi connectivity index (χ1) is 7.72. The molecule has 0 saturated heterocycles. The van der Waals surface area contributed by atoms with Gasteiger partial charge < -0.3 is 11.5 Å². The van der Waals surface area contributed by atoms with Crippen LogP contribution in [0.25, 0.3) is 10.9 Å². The number of hydrogen-bond donors (Lipinski definition) is 2. The van der Waals surface area contributed by atoms with Gasteiger partial charge in [0.15, 0.2) is 0 Å². The molecule has 4 N–H and O–H groups in total. The number of fused-ring (bicyclic) bond motifs is 1. The number of para-hydroxylation sites is 1. The molecule has 84 valence electrons. The van der Waals surface area contributed by atoms with E-state index in [-0.39, 0.29) is 6.04 Å². The van der Waals surface area contributed by atoms with Gasteiger partial charge >= 0.3 is 0 Å². The van der Waals surface area contributed by atoms with E-state index in [0.717, 1.165) is 16.5 Å². The summed E-state index contributed by atoms with van der Waals surface area (Å²) in [5.74, 6) is 0. The average molecular weight is 236 g/mol. The highest BCUT2D eigenvalue weighted by molar-refractivity contribution is 6.30. The first-order valence-corrected chi connectivity index (χ1v) is 5.61. The summed E-state index contributed by atoms with van der Waals surface area (Å²) in [5, 5.41) is 1.52. The summed E-state index contributed by atoms with van der Waals surface area (Å²) in [4.78, 5) is 4.32. The van der Waals surface area contributed by atoms with Crippen molar-refractivity contribution in [2.24, 2.45) is 11.5 Å². The Kier molecular flexibility index (Phi) is 3.39. The van der Waals surface area contributed by atoms with Crippen LogP contribution in [0.5, 0.6) is 0 Å². The van der Waals surface area contributed by atoms with Crippen molar-refractivity contribution in [3.63, 3.8) is 0 Å². The van der Waals surface area contributed by atoms with Crippen LogP contribution in [0.3, 0.4) is 0 Å². The van der Waals surface area contributed by atoms with Crippen LogP contribution in [-0.2, 0) is 0 Å². The van der Waals surface area contributed by atoms with Gasteiger partial charge in [-0.25, -0.2) is 4.98 Å². The predicted molar refractivity (Wildman–Crippen MR) is 67.4 cm³/mol. The van der Waals surface area contributed by atoms with Gasteiger partial charge in [0.25, 0.3) is 0 Å². The molecule has 0 fully saturated rings. The van der Waals surface area contributed by atoms with Crippen LogP contribution in [0.1, 0.15) is 18.0 Å². The monoisotopic (exact) mass is 235 g/mol. The Labute approximate surface area is 99.4 Å². The van der Waals surface area contributed by atoms with E-state index in [1.54, 1.807) is 0 Å². The van der Waals surface area contributed by atoms with Crippen molar-refractivity contribution in [3.05, 3.63) is 41.0 Å². The molecule has 0 amide bonds. The van der Waals surface area contributed by atoms with Crippen molar-refractivity contribution in [1.82, 2.24) is 4.98 Å². The van der Waals surface area contributed by atoms with Crippen molar-refractivity contribution in [2.45, 2.75) is 12.5 Å². The quantitative estimate of drug-likeness (QED) is 0.802. The smallest absolute Gasteiger partial charge is 0.134 e. The summed E-state index contributed by atoms with van der Waals surface area (Å²) >= 11 is 6.10. The molecule has 0 bridgehead atoms. The van der Waals surface area contributed by atoms with Gasteiger partial charge in [-0.2, -0.15) is 0 Å². The summed E-state index contributed by atoms with van der Waals surface area (Å²) in [5.41, 5.74) is 13.2. The van der Waals surface area contributed by atoms with Crippen LogP contribution in [0.4, 0.5) is 0 Å². The lowest BCUT2D eigenvalue weighted by Gasteiger charge is -2.12. The third kappa shape index (κ3) is 2.16. The Bertz CT molecular complexity index is 499. The van der Waals surface area contributed by atoms with Crippen LogP contribution in [0.15, 0.2) is 30.3 Å². The van der Waals surface area contributed by atoms with Crippen LogP contribution >= 0.6 is 11.6 Å². The highest BCUT2D eigenvalue weighted by atomic mass is 35.5. The molecule has 16 heavy (non-hydrogen) atoms. The van der Waals surface area contributed by atoms with Crippen molar-refractivity contribution < 1.29 is 0 Å². The van der Waals surface area contributed by atoms with Crippen molar-refractivity contribution >= 4 is 22.5 Å². The predicted octanol–water partition coefficient (Wildman–Crippen LogP) is 2.24. The Morgan fingerprint density at radius 2 is 2.06 bits per heavy atom. The molecule has 1 aromatic carbocycles. The lowest BCUT2D eigenvalue weighted by atomic mass is 10.0. The topological polar surface area (TPSA) is 64.9 Å². The average Bonchev–Trinajstić information content (AvgIpc) is 2.28. The number of hydrogen-bond acceptors (Lipinski definition) is 3. The minimum Gasteiger partial charge on any atom is -0.330 e. The summed E-state index contributed by atoms with van der Waals surface area (Å²) < 4.78 is 0. The molecule has 1 atom stereocenters. The summed E-state index contributed by atoms with van der Waals surface area (Å²) in [6.07, 6.45) is 0.708. The van der Waals surface area contributed by atoms with Gasteiger partial charge in [-0.1, -0.05) is 29.8 Å². The van der Waals surface area contributed by atoms with Crippen LogP contribution in [-0.4, -0.2) is 11.5 Å². The fraction of sp³-hybridized carbons (Fsp3) is 0.250. The largest absolute Gasteiger partial charge is 0.330 e. The minimum atomic E-state index is -0.144. The Balaban J connectivity index is 2.49. The van der Waals surface area contributed by atoms with E-state index in [4.69, 9.17) is 23.1 Å². The van der Waals surface area contributed by atoms with E-state index in [0.29, 0.717) is 18.1 Å². The van der Waals surface area contributed by atoms with Crippen LogP contribution in [0, 0.1) is 0 Å². The number of rotatable bonds is 3. The second-order valence-electron chi connectivity index (χ2n) is 3.74. The Hall–Kier alpha value is -1.16. The summed E-state index contributed by atoms with van der Waals surface area (Å²) in [6, 6.07) is 9.68. The van der Waals surface area contributed by atoms with E-state index < -0.39 is 0 Å². The first-order valence-electron chi connectivity index (χ1n) is 5.23. The maximum absolute atomic E-state index is 6.10.